The minimum absolute atomic E-state index is 0.139. The average molecular weight is 336 g/mol. The van der Waals surface area contributed by atoms with Gasteiger partial charge in [-0.25, -0.2) is 4.68 Å². The van der Waals surface area contributed by atoms with Gasteiger partial charge in [-0.15, -0.1) is 5.10 Å². The fourth-order valence-electron chi connectivity index (χ4n) is 2.39. The number of allylic oxidation sites excluding steroid dienone is 1. The van der Waals surface area contributed by atoms with Crippen molar-refractivity contribution in [3.05, 3.63) is 66.0 Å². The molecule has 0 amide bonds. The summed E-state index contributed by atoms with van der Waals surface area (Å²) in [4.78, 5) is 12.5. The van der Waals surface area contributed by atoms with Gasteiger partial charge in [0.1, 0.15) is 6.33 Å². The second kappa shape index (κ2) is 7.39. The smallest absolute Gasteiger partial charge is 0.185 e. The molecule has 0 aliphatic carbocycles. The van der Waals surface area contributed by atoms with Gasteiger partial charge in [0.15, 0.2) is 17.3 Å². The molecule has 3 aromatic rings. The fraction of sp³-hybridized carbons (Fsp3) is 0.111. The summed E-state index contributed by atoms with van der Waals surface area (Å²) in [5.74, 6) is 1.05. The van der Waals surface area contributed by atoms with Crippen LogP contribution < -0.4 is 9.47 Å². The van der Waals surface area contributed by atoms with E-state index in [1.165, 1.54) is 17.1 Å². The predicted octanol–water partition coefficient (Wildman–Crippen LogP) is 2.58. The van der Waals surface area contributed by atoms with Crippen LogP contribution in [0.2, 0.25) is 0 Å². The highest BCUT2D eigenvalue weighted by Crippen LogP contribution is 2.31. The molecule has 0 spiro atoms. The van der Waals surface area contributed by atoms with Crippen LogP contribution in [0.5, 0.6) is 11.5 Å². The standard InChI is InChI=1S/C18H16N4O3/c1-24-17-8-4-5-13(18(17)25-2)9-10-16(23)14-6-3-7-15(11-14)22-12-19-20-21-22/h3-12H,1-2H3/b10-9+. The second-order valence-electron chi connectivity index (χ2n) is 5.09. The Kier molecular flexibility index (Phi) is 4.84. The molecule has 0 aliphatic heterocycles. The third kappa shape index (κ3) is 3.55. The summed E-state index contributed by atoms with van der Waals surface area (Å²) in [6.07, 6.45) is 4.67. The third-order valence-corrected chi connectivity index (χ3v) is 3.59. The summed E-state index contributed by atoms with van der Waals surface area (Å²) >= 11 is 0. The number of carbonyl (C=O) groups excluding carboxylic acids is 1. The van der Waals surface area contributed by atoms with Gasteiger partial charge in [-0.1, -0.05) is 24.3 Å². The number of hydrogen-bond donors (Lipinski definition) is 0. The van der Waals surface area contributed by atoms with Crippen LogP contribution in [-0.2, 0) is 0 Å². The number of nitrogens with zero attached hydrogens (tertiary/aromatic N) is 4. The number of ketones is 1. The van der Waals surface area contributed by atoms with Crippen molar-refractivity contribution in [1.82, 2.24) is 20.2 Å². The number of aromatic nitrogens is 4. The highest BCUT2D eigenvalue weighted by molar-refractivity contribution is 6.07. The Morgan fingerprint density at radius 3 is 2.68 bits per heavy atom. The monoisotopic (exact) mass is 336 g/mol. The molecule has 0 N–H and O–H groups in total. The first-order valence-corrected chi connectivity index (χ1v) is 7.49. The molecular formula is C18H16N4O3. The highest BCUT2D eigenvalue weighted by atomic mass is 16.5. The van der Waals surface area contributed by atoms with Crippen LogP contribution in [0.25, 0.3) is 11.8 Å². The minimum atomic E-state index is -0.139. The largest absolute Gasteiger partial charge is 0.493 e. The lowest BCUT2D eigenvalue weighted by Crippen LogP contribution is -1.99. The minimum Gasteiger partial charge on any atom is -0.493 e. The van der Waals surface area contributed by atoms with E-state index in [-0.39, 0.29) is 5.78 Å². The van der Waals surface area contributed by atoms with Crippen molar-refractivity contribution >= 4 is 11.9 Å². The zero-order chi connectivity index (χ0) is 17.6. The molecule has 0 unspecified atom stereocenters. The van der Waals surface area contributed by atoms with Crippen LogP contribution in [0.3, 0.4) is 0 Å². The van der Waals surface area contributed by atoms with Crippen molar-refractivity contribution in [1.29, 1.82) is 0 Å². The lowest BCUT2D eigenvalue weighted by molar-refractivity contribution is 0.104. The first-order chi connectivity index (χ1) is 12.2. The quantitative estimate of drug-likeness (QED) is 0.508. The topological polar surface area (TPSA) is 79.1 Å². The Morgan fingerprint density at radius 2 is 1.96 bits per heavy atom. The molecule has 0 aliphatic rings. The Bertz CT molecular complexity index is 904. The van der Waals surface area contributed by atoms with Gasteiger partial charge in [-0.05, 0) is 40.8 Å². The third-order valence-electron chi connectivity index (χ3n) is 3.59. The normalized spacial score (nSPS) is 10.8. The number of para-hydroxylation sites is 1. The molecule has 0 radical (unpaired) electrons. The average Bonchev–Trinajstić information content (AvgIpc) is 3.20. The molecule has 126 valence electrons. The van der Waals surface area contributed by atoms with Gasteiger partial charge in [0.2, 0.25) is 0 Å². The van der Waals surface area contributed by atoms with Crippen LogP contribution in [0, 0.1) is 0 Å². The number of methoxy groups -OCH3 is 2. The first kappa shape index (κ1) is 16.4. The molecule has 1 heterocycles. The summed E-state index contributed by atoms with van der Waals surface area (Å²) in [5.41, 5.74) is 2.00. The van der Waals surface area contributed by atoms with Gasteiger partial charge >= 0.3 is 0 Å². The van der Waals surface area contributed by atoms with Crippen molar-refractivity contribution in [2.75, 3.05) is 14.2 Å². The van der Waals surface area contributed by atoms with Crippen LogP contribution in [0.1, 0.15) is 15.9 Å². The molecule has 0 saturated heterocycles. The van der Waals surface area contributed by atoms with E-state index >= 15 is 0 Å². The molecule has 0 atom stereocenters. The molecule has 3 rings (SSSR count). The zero-order valence-corrected chi connectivity index (χ0v) is 13.8. The number of hydrogen-bond acceptors (Lipinski definition) is 6. The highest BCUT2D eigenvalue weighted by Gasteiger charge is 2.09. The van der Waals surface area contributed by atoms with Crippen molar-refractivity contribution in [3.63, 3.8) is 0 Å². The van der Waals surface area contributed by atoms with E-state index < -0.39 is 0 Å². The molecule has 7 nitrogen and oxygen atoms in total. The summed E-state index contributed by atoms with van der Waals surface area (Å²) in [7, 11) is 3.13. The Hall–Kier alpha value is -3.48. The van der Waals surface area contributed by atoms with Crippen LogP contribution in [0.15, 0.2) is 54.9 Å². The Morgan fingerprint density at radius 1 is 1.12 bits per heavy atom. The van der Waals surface area contributed by atoms with Crippen LogP contribution in [-0.4, -0.2) is 40.2 Å². The summed E-state index contributed by atoms with van der Waals surface area (Å²) < 4.78 is 12.1. The maximum Gasteiger partial charge on any atom is 0.185 e. The SMILES string of the molecule is COc1cccc(/C=C/C(=O)c2cccc(-n3cnnn3)c2)c1OC. The van der Waals surface area contributed by atoms with E-state index in [0.29, 0.717) is 22.7 Å². The van der Waals surface area contributed by atoms with E-state index in [0.717, 1.165) is 5.56 Å². The van der Waals surface area contributed by atoms with E-state index in [2.05, 4.69) is 15.5 Å². The molecule has 1 aromatic heterocycles. The number of ether oxygens (including phenoxy) is 2. The molecule has 2 aromatic carbocycles. The van der Waals surface area contributed by atoms with Gasteiger partial charge in [0.05, 0.1) is 19.9 Å². The predicted molar refractivity (Wildman–Crippen MR) is 92.1 cm³/mol. The molecule has 0 saturated carbocycles. The van der Waals surface area contributed by atoms with E-state index in [1.807, 2.05) is 18.2 Å². The van der Waals surface area contributed by atoms with Gasteiger partial charge < -0.3 is 9.47 Å². The number of tetrazole rings is 1. The number of rotatable bonds is 6. The summed E-state index contributed by atoms with van der Waals surface area (Å²) in [5, 5.41) is 11.0. The van der Waals surface area contributed by atoms with Crippen molar-refractivity contribution in [3.8, 4) is 17.2 Å². The van der Waals surface area contributed by atoms with Gasteiger partial charge in [0, 0.05) is 11.1 Å². The van der Waals surface area contributed by atoms with Crippen LogP contribution >= 0.6 is 0 Å². The van der Waals surface area contributed by atoms with Gasteiger partial charge in [-0.2, -0.15) is 0 Å². The summed E-state index contributed by atoms with van der Waals surface area (Å²) in [6.45, 7) is 0. The van der Waals surface area contributed by atoms with Gasteiger partial charge in [0.25, 0.3) is 0 Å². The molecule has 7 heteroatoms. The molecule has 0 fully saturated rings. The lowest BCUT2D eigenvalue weighted by Gasteiger charge is -2.09. The van der Waals surface area contributed by atoms with Crippen molar-refractivity contribution in [2.24, 2.45) is 0 Å². The number of benzene rings is 2. The lowest BCUT2D eigenvalue weighted by atomic mass is 10.1. The second-order valence-corrected chi connectivity index (χ2v) is 5.09. The fourth-order valence-corrected chi connectivity index (χ4v) is 2.39. The van der Waals surface area contributed by atoms with Crippen molar-refractivity contribution < 1.29 is 14.3 Å². The van der Waals surface area contributed by atoms with Crippen molar-refractivity contribution in [2.45, 2.75) is 0 Å². The first-order valence-electron chi connectivity index (χ1n) is 7.49. The summed E-state index contributed by atoms with van der Waals surface area (Å²) in [6, 6.07) is 12.6. The Balaban J connectivity index is 1.86. The van der Waals surface area contributed by atoms with Gasteiger partial charge in [-0.3, -0.25) is 4.79 Å². The molecule has 25 heavy (non-hydrogen) atoms. The van der Waals surface area contributed by atoms with E-state index in [1.54, 1.807) is 44.6 Å². The van der Waals surface area contributed by atoms with Crippen LogP contribution in [0.4, 0.5) is 0 Å². The van der Waals surface area contributed by atoms with E-state index in [9.17, 15) is 4.79 Å². The maximum atomic E-state index is 12.5. The van der Waals surface area contributed by atoms with E-state index in [4.69, 9.17) is 9.47 Å². The number of carbonyl (C=O) groups is 1. The Labute approximate surface area is 144 Å². The zero-order valence-electron chi connectivity index (χ0n) is 13.8. The molecule has 0 bridgehead atoms. The molecular weight excluding hydrogens is 320 g/mol. The maximum absolute atomic E-state index is 12.5.